The number of anilines is 1. The van der Waals surface area contributed by atoms with Crippen molar-refractivity contribution in [3.8, 4) is 0 Å². The molecule has 0 aliphatic heterocycles. The maximum Gasteiger partial charge on any atom is 0.243 e. The summed E-state index contributed by atoms with van der Waals surface area (Å²) in [4.78, 5) is 4.47. The first kappa shape index (κ1) is 13.1. The smallest absolute Gasteiger partial charge is 0.243 e. The highest BCUT2D eigenvalue weighted by Crippen LogP contribution is 2.20. The van der Waals surface area contributed by atoms with Gasteiger partial charge in [0.25, 0.3) is 0 Å². The molecule has 20 heavy (non-hydrogen) atoms. The van der Waals surface area contributed by atoms with Crippen molar-refractivity contribution in [2.24, 2.45) is 0 Å². The number of hydrogen-bond acceptors (Lipinski definition) is 3. The zero-order chi connectivity index (χ0) is 14.1. The average molecular weight is 331 g/mol. The standard InChI is InChI=1S/C15H15BrN4/c1-10-3-8-14-18-15(19-20(14)9-10)17-11(2)12-4-6-13(16)7-5-12/h3-9,11H,1-2H3,(H,17,19). The lowest BCUT2D eigenvalue weighted by molar-refractivity contribution is 0.851. The van der Waals surface area contributed by atoms with Gasteiger partial charge in [0.15, 0.2) is 5.65 Å². The summed E-state index contributed by atoms with van der Waals surface area (Å²) in [5.41, 5.74) is 3.21. The van der Waals surface area contributed by atoms with E-state index >= 15 is 0 Å². The lowest BCUT2D eigenvalue weighted by Crippen LogP contribution is -2.07. The van der Waals surface area contributed by atoms with Gasteiger partial charge in [0, 0.05) is 10.7 Å². The molecule has 102 valence electrons. The van der Waals surface area contributed by atoms with Crippen LogP contribution in [0.25, 0.3) is 5.65 Å². The number of aromatic nitrogens is 3. The second-order valence-corrected chi connectivity index (χ2v) is 5.78. The number of halogens is 1. The van der Waals surface area contributed by atoms with Gasteiger partial charge in [0.1, 0.15) is 0 Å². The Hall–Kier alpha value is -1.88. The summed E-state index contributed by atoms with van der Waals surface area (Å²) in [7, 11) is 0. The van der Waals surface area contributed by atoms with Gasteiger partial charge in [-0.2, -0.15) is 4.98 Å². The van der Waals surface area contributed by atoms with Crippen LogP contribution in [0, 0.1) is 6.92 Å². The summed E-state index contributed by atoms with van der Waals surface area (Å²) < 4.78 is 2.88. The summed E-state index contributed by atoms with van der Waals surface area (Å²) in [6.07, 6.45) is 1.97. The normalized spacial score (nSPS) is 12.6. The van der Waals surface area contributed by atoms with E-state index in [1.807, 2.05) is 37.4 Å². The van der Waals surface area contributed by atoms with E-state index in [1.165, 1.54) is 5.56 Å². The molecule has 4 nitrogen and oxygen atoms in total. The lowest BCUT2D eigenvalue weighted by Gasteiger charge is -2.12. The number of nitrogens with one attached hydrogen (secondary N) is 1. The van der Waals surface area contributed by atoms with Gasteiger partial charge >= 0.3 is 0 Å². The zero-order valence-electron chi connectivity index (χ0n) is 11.3. The van der Waals surface area contributed by atoms with Gasteiger partial charge in [-0.05, 0) is 43.2 Å². The number of aryl methyl sites for hydroxylation is 1. The van der Waals surface area contributed by atoms with E-state index < -0.39 is 0 Å². The first-order valence-corrected chi connectivity index (χ1v) is 7.26. The number of benzene rings is 1. The van der Waals surface area contributed by atoms with Crippen molar-refractivity contribution in [1.82, 2.24) is 14.6 Å². The summed E-state index contributed by atoms with van der Waals surface area (Å²) in [6, 6.07) is 12.4. The average Bonchev–Trinajstić information content (AvgIpc) is 2.80. The third kappa shape index (κ3) is 2.67. The third-order valence-corrected chi connectivity index (χ3v) is 3.72. The summed E-state index contributed by atoms with van der Waals surface area (Å²) in [6.45, 7) is 4.14. The lowest BCUT2D eigenvalue weighted by atomic mass is 10.1. The largest absolute Gasteiger partial charge is 0.346 e. The molecule has 3 rings (SSSR count). The highest BCUT2D eigenvalue weighted by Gasteiger charge is 2.09. The van der Waals surface area contributed by atoms with Crippen LogP contribution in [-0.4, -0.2) is 14.6 Å². The van der Waals surface area contributed by atoms with E-state index in [9.17, 15) is 0 Å². The van der Waals surface area contributed by atoms with Crippen molar-refractivity contribution < 1.29 is 0 Å². The fourth-order valence-electron chi connectivity index (χ4n) is 2.08. The molecule has 1 aromatic carbocycles. The third-order valence-electron chi connectivity index (χ3n) is 3.19. The Labute approximate surface area is 126 Å². The van der Waals surface area contributed by atoms with E-state index in [2.05, 4.69) is 50.4 Å². The number of nitrogens with zero attached hydrogens (tertiary/aromatic N) is 3. The van der Waals surface area contributed by atoms with E-state index in [1.54, 1.807) is 4.52 Å². The molecule has 0 aliphatic carbocycles. The van der Waals surface area contributed by atoms with Crippen LogP contribution in [0.15, 0.2) is 47.1 Å². The molecule has 0 saturated carbocycles. The second kappa shape index (κ2) is 5.25. The Bertz CT molecular complexity index is 733. The van der Waals surface area contributed by atoms with Crippen LogP contribution < -0.4 is 5.32 Å². The number of pyridine rings is 1. The van der Waals surface area contributed by atoms with Crippen molar-refractivity contribution >= 4 is 27.5 Å². The molecule has 0 spiro atoms. The van der Waals surface area contributed by atoms with Crippen molar-refractivity contribution in [2.45, 2.75) is 19.9 Å². The predicted octanol–water partition coefficient (Wildman–Crippen LogP) is 3.97. The molecular formula is C15H15BrN4. The van der Waals surface area contributed by atoms with Crippen LogP contribution in [-0.2, 0) is 0 Å². The SMILES string of the molecule is Cc1ccc2nc(NC(C)c3ccc(Br)cc3)nn2c1. The van der Waals surface area contributed by atoms with E-state index in [-0.39, 0.29) is 6.04 Å². The van der Waals surface area contributed by atoms with Gasteiger partial charge in [-0.25, -0.2) is 4.52 Å². The van der Waals surface area contributed by atoms with E-state index in [4.69, 9.17) is 0 Å². The zero-order valence-corrected chi connectivity index (χ0v) is 12.9. The van der Waals surface area contributed by atoms with Crippen molar-refractivity contribution in [3.05, 3.63) is 58.2 Å². The Morgan fingerprint density at radius 3 is 2.65 bits per heavy atom. The molecule has 1 atom stereocenters. The Morgan fingerprint density at radius 2 is 1.90 bits per heavy atom. The number of rotatable bonds is 3. The maximum atomic E-state index is 4.47. The van der Waals surface area contributed by atoms with Crippen molar-refractivity contribution in [3.63, 3.8) is 0 Å². The number of fused-ring (bicyclic) bond motifs is 1. The molecule has 0 saturated heterocycles. The van der Waals surface area contributed by atoms with Gasteiger partial charge in [0.2, 0.25) is 5.95 Å². The molecule has 3 aromatic rings. The fraction of sp³-hybridized carbons (Fsp3) is 0.200. The van der Waals surface area contributed by atoms with Gasteiger partial charge < -0.3 is 5.32 Å². The molecule has 0 bridgehead atoms. The highest BCUT2D eigenvalue weighted by molar-refractivity contribution is 9.10. The van der Waals surface area contributed by atoms with E-state index in [0.717, 1.165) is 15.7 Å². The molecule has 0 aliphatic rings. The van der Waals surface area contributed by atoms with E-state index in [0.29, 0.717) is 5.95 Å². The van der Waals surface area contributed by atoms with Crippen molar-refractivity contribution in [1.29, 1.82) is 0 Å². The summed E-state index contributed by atoms with van der Waals surface area (Å²) in [5, 5.41) is 7.77. The quantitative estimate of drug-likeness (QED) is 0.789. The minimum Gasteiger partial charge on any atom is -0.346 e. The Balaban J connectivity index is 1.83. The summed E-state index contributed by atoms with van der Waals surface area (Å²) >= 11 is 3.44. The predicted molar refractivity (Wildman–Crippen MR) is 83.9 cm³/mol. The molecular weight excluding hydrogens is 316 g/mol. The first-order chi connectivity index (χ1) is 9.61. The van der Waals surface area contributed by atoms with Crippen LogP contribution in [0.1, 0.15) is 24.1 Å². The maximum absolute atomic E-state index is 4.47. The summed E-state index contributed by atoms with van der Waals surface area (Å²) in [5.74, 6) is 0.644. The second-order valence-electron chi connectivity index (χ2n) is 4.86. The van der Waals surface area contributed by atoms with Gasteiger partial charge in [-0.3, -0.25) is 0 Å². The molecule has 1 unspecified atom stereocenters. The topological polar surface area (TPSA) is 42.2 Å². The Kier molecular flexibility index (Phi) is 3.44. The van der Waals surface area contributed by atoms with Crippen LogP contribution in [0.2, 0.25) is 0 Å². The minimum absolute atomic E-state index is 0.154. The number of hydrogen-bond donors (Lipinski definition) is 1. The van der Waals surface area contributed by atoms with Crippen LogP contribution >= 0.6 is 15.9 Å². The fourth-order valence-corrected chi connectivity index (χ4v) is 2.34. The van der Waals surface area contributed by atoms with Crippen LogP contribution in [0.3, 0.4) is 0 Å². The highest BCUT2D eigenvalue weighted by atomic mass is 79.9. The Morgan fingerprint density at radius 1 is 1.15 bits per heavy atom. The molecule has 1 N–H and O–H groups in total. The molecule has 0 amide bonds. The first-order valence-electron chi connectivity index (χ1n) is 6.47. The molecule has 0 radical (unpaired) electrons. The van der Waals surface area contributed by atoms with Gasteiger partial charge in [-0.1, -0.05) is 34.1 Å². The van der Waals surface area contributed by atoms with Crippen LogP contribution in [0.4, 0.5) is 5.95 Å². The van der Waals surface area contributed by atoms with Crippen molar-refractivity contribution in [2.75, 3.05) is 5.32 Å². The van der Waals surface area contributed by atoms with Crippen LogP contribution in [0.5, 0.6) is 0 Å². The molecule has 2 heterocycles. The minimum atomic E-state index is 0.154. The molecule has 2 aromatic heterocycles. The molecule has 0 fully saturated rings. The van der Waals surface area contributed by atoms with Gasteiger partial charge in [-0.15, -0.1) is 5.10 Å². The van der Waals surface area contributed by atoms with Gasteiger partial charge in [0.05, 0.1) is 6.04 Å². The molecule has 5 heteroatoms. The monoisotopic (exact) mass is 330 g/mol.